The quantitative estimate of drug-likeness (QED) is 0.711. The summed E-state index contributed by atoms with van der Waals surface area (Å²) in [6.45, 7) is 0.220. The number of rotatable bonds is 2. The summed E-state index contributed by atoms with van der Waals surface area (Å²) in [5.74, 6) is 1.12. The molecule has 0 aliphatic heterocycles. The van der Waals surface area contributed by atoms with Crippen LogP contribution in [0.15, 0.2) is 28.8 Å². The van der Waals surface area contributed by atoms with Gasteiger partial charge in [0.1, 0.15) is 5.75 Å². The van der Waals surface area contributed by atoms with E-state index in [1.54, 1.807) is 12.1 Å². The summed E-state index contributed by atoms with van der Waals surface area (Å²) in [5.41, 5.74) is 7.16. The van der Waals surface area contributed by atoms with Gasteiger partial charge in [0.2, 0.25) is 11.7 Å². The van der Waals surface area contributed by atoms with Crippen molar-refractivity contribution in [2.24, 2.45) is 12.8 Å². The maximum atomic E-state index is 9.50. The van der Waals surface area contributed by atoms with Crippen LogP contribution in [0.5, 0.6) is 5.75 Å². The molecular formula is C12H12N4O2. The van der Waals surface area contributed by atoms with Crippen LogP contribution in [0.3, 0.4) is 0 Å². The number of phenols is 1. The van der Waals surface area contributed by atoms with Crippen LogP contribution in [-0.4, -0.2) is 19.8 Å². The first-order valence-corrected chi connectivity index (χ1v) is 5.50. The highest BCUT2D eigenvalue weighted by molar-refractivity contribution is 5.86. The van der Waals surface area contributed by atoms with Crippen LogP contribution in [-0.2, 0) is 13.6 Å². The van der Waals surface area contributed by atoms with E-state index < -0.39 is 0 Å². The number of nitrogens with zero attached hydrogens (tertiary/aromatic N) is 3. The number of hydrogen-bond donors (Lipinski definition) is 2. The van der Waals surface area contributed by atoms with Gasteiger partial charge in [0.05, 0.1) is 17.8 Å². The van der Waals surface area contributed by atoms with Crippen molar-refractivity contribution in [1.82, 2.24) is 14.7 Å². The topological polar surface area (TPSA) is 90.1 Å². The maximum absolute atomic E-state index is 9.50. The second kappa shape index (κ2) is 3.85. The first kappa shape index (κ1) is 10.8. The Morgan fingerprint density at radius 3 is 2.94 bits per heavy atom. The van der Waals surface area contributed by atoms with E-state index in [2.05, 4.69) is 10.1 Å². The third kappa shape index (κ3) is 1.54. The van der Waals surface area contributed by atoms with Crippen molar-refractivity contribution in [3.63, 3.8) is 0 Å². The largest absolute Gasteiger partial charge is 0.508 e. The fourth-order valence-corrected chi connectivity index (χ4v) is 1.97. The molecule has 1 aromatic carbocycles. The Kier molecular flexibility index (Phi) is 2.31. The first-order valence-electron chi connectivity index (χ1n) is 5.50. The highest BCUT2D eigenvalue weighted by atomic mass is 16.5. The summed E-state index contributed by atoms with van der Waals surface area (Å²) in [5, 5.41) is 14.4. The van der Waals surface area contributed by atoms with E-state index >= 15 is 0 Å². The Morgan fingerprint density at radius 1 is 1.39 bits per heavy atom. The Bertz CT molecular complexity index is 714. The van der Waals surface area contributed by atoms with Gasteiger partial charge in [-0.1, -0.05) is 5.16 Å². The normalized spacial score (nSPS) is 11.2. The van der Waals surface area contributed by atoms with Gasteiger partial charge in [-0.05, 0) is 18.2 Å². The molecule has 92 valence electrons. The molecule has 0 fully saturated rings. The maximum Gasteiger partial charge on any atom is 0.240 e. The van der Waals surface area contributed by atoms with Crippen molar-refractivity contribution in [2.75, 3.05) is 0 Å². The SMILES string of the molecule is Cn1c(-c2noc(CN)n2)cc2ccc(O)cc21. The van der Waals surface area contributed by atoms with E-state index in [0.717, 1.165) is 16.6 Å². The number of aromatic hydroxyl groups is 1. The summed E-state index contributed by atoms with van der Waals surface area (Å²) >= 11 is 0. The molecule has 3 N–H and O–H groups in total. The highest BCUT2D eigenvalue weighted by Crippen LogP contribution is 2.27. The van der Waals surface area contributed by atoms with Crippen LogP contribution in [0.25, 0.3) is 22.4 Å². The molecule has 3 aromatic rings. The molecule has 18 heavy (non-hydrogen) atoms. The van der Waals surface area contributed by atoms with Crippen LogP contribution in [0.1, 0.15) is 5.89 Å². The van der Waals surface area contributed by atoms with Crippen LogP contribution in [0.2, 0.25) is 0 Å². The third-order valence-electron chi connectivity index (χ3n) is 2.90. The minimum absolute atomic E-state index is 0.220. The Labute approximate surface area is 103 Å². The number of hydrogen-bond acceptors (Lipinski definition) is 5. The number of phenolic OH excluding ortho intramolecular Hbond substituents is 1. The van der Waals surface area contributed by atoms with Gasteiger partial charge in [0.15, 0.2) is 0 Å². The summed E-state index contributed by atoms with van der Waals surface area (Å²) in [6, 6.07) is 7.13. The number of aryl methyl sites for hydroxylation is 1. The van der Waals surface area contributed by atoms with Gasteiger partial charge in [-0.15, -0.1) is 0 Å². The van der Waals surface area contributed by atoms with Gasteiger partial charge in [0.25, 0.3) is 0 Å². The zero-order valence-electron chi connectivity index (χ0n) is 9.79. The van der Waals surface area contributed by atoms with E-state index in [-0.39, 0.29) is 12.3 Å². The first-order chi connectivity index (χ1) is 8.69. The smallest absolute Gasteiger partial charge is 0.240 e. The van der Waals surface area contributed by atoms with Crippen molar-refractivity contribution >= 4 is 10.9 Å². The number of fused-ring (bicyclic) bond motifs is 1. The molecule has 0 atom stereocenters. The average Bonchev–Trinajstić information content (AvgIpc) is 2.95. The summed E-state index contributed by atoms with van der Waals surface area (Å²) in [4.78, 5) is 4.19. The lowest BCUT2D eigenvalue weighted by atomic mass is 10.2. The molecule has 0 spiro atoms. The van der Waals surface area contributed by atoms with Crippen LogP contribution >= 0.6 is 0 Å². The highest BCUT2D eigenvalue weighted by Gasteiger charge is 2.13. The van der Waals surface area contributed by atoms with Crippen molar-refractivity contribution in [3.05, 3.63) is 30.2 Å². The second-order valence-corrected chi connectivity index (χ2v) is 4.05. The van der Waals surface area contributed by atoms with Gasteiger partial charge in [-0.2, -0.15) is 4.98 Å². The van der Waals surface area contributed by atoms with Gasteiger partial charge in [0, 0.05) is 18.5 Å². The van der Waals surface area contributed by atoms with E-state index in [4.69, 9.17) is 10.3 Å². The molecule has 6 heteroatoms. The molecule has 6 nitrogen and oxygen atoms in total. The van der Waals surface area contributed by atoms with Crippen molar-refractivity contribution in [3.8, 4) is 17.3 Å². The van der Waals surface area contributed by atoms with Gasteiger partial charge < -0.3 is 19.9 Å². The molecule has 0 radical (unpaired) electrons. The van der Waals surface area contributed by atoms with Crippen molar-refractivity contribution < 1.29 is 9.63 Å². The van der Waals surface area contributed by atoms with Crippen molar-refractivity contribution in [2.45, 2.75) is 6.54 Å². The monoisotopic (exact) mass is 244 g/mol. The van der Waals surface area contributed by atoms with Gasteiger partial charge >= 0.3 is 0 Å². The molecule has 2 heterocycles. The minimum atomic E-state index is 0.220. The Balaban J connectivity index is 2.20. The van der Waals surface area contributed by atoms with Crippen LogP contribution in [0, 0.1) is 0 Å². The van der Waals surface area contributed by atoms with E-state index in [1.807, 2.05) is 23.7 Å². The molecule has 0 bridgehead atoms. The number of benzene rings is 1. The molecule has 2 aromatic heterocycles. The summed E-state index contributed by atoms with van der Waals surface area (Å²) in [6.07, 6.45) is 0. The van der Waals surface area contributed by atoms with Gasteiger partial charge in [-0.25, -0.2) is 0 Å². The lowest BCUT2D eigenvalue weighted by Crippen LogP contribution is -1.96. The Hall–Kier alpha value is -2.34. The average molecular weight is 244 g/mol. The molecular weight excluding hydrogens is 232 g/mol. The molecule has 0 saturated carbocycles. The standard InChI is InChI=1S/C12H12N4O2/c1-16-9-5-8(17)3-2-7(9)4-10(16)12-14-11(6-13)18-15-12/h2-5,17H,6,13H2,1H3. The van der Waals surface area contributed by atoms with E-state index in [9.17, 15) is 5.11 Å². The predicted molar refractivity (Wildman–Crippen MR) is 65.8 cm³/mol. The summed E-state index contributed by atoms with van der Waals surface area (Å²) in [7, 11) is 1.88. The zero-order valence-corrected chi connectivity index (χ0v) is 9.79. The summed E-state index contributed by atoms with van der Waals surface area (Å²) < 4.78 is 6.90. The lowest BCUT2D eigenvalue weighted by molar-refractivity contribution is 0.380. The minimum Gasteiger partial charge on any atom is -0.508 e. The third-order valence-corrected chi connectivity index (χ3v) is 2.90. The molecule has 0 saturated heterocycles. The molecule has 0 unspecified atom stereocenters. The molecule has 3 rings (SSSR count). The molecule has 0 aliphatic carbocycles. The number of aromatic nitrogens is 3. The van der Waals surface area contributed by atoms with Crippen LogP contribution < -0.4 is 5.73 Å². The predicted octanol–water partition coefficient (Wildman–Crippen LogP) is 1.39. The van der Waals surface area contributed by atoms with E-state index in [0.29, 0.717) is 11.7 Å². The van der Waals surface area contributed by atoms with Crippen LogP contribution in [0.4, 0.5) is 0 Å². The molecule has 0 amide bonds. The lowest BCUT2D eigenvalue weighted by Gasteiger charge is -1.99. The van der Waals surface area contributed by atoms with Crippen molar-refractivity contribution in [1.29, 1.82) is 0 Å². The number of nitrogens with two attached hydrogens (primary N) is 1. The van der Waals surface area contributed by atoms with E-state index in [1.165, 1.54) is 0 Å². The fourth-order valence-electron chi connectivity index (χ4n) is 1.97. The zero-order chi connectivity index (χ0) is 12.7. The second-order valence-electron chi connectivity index (χ2n) is 4.05. The Morgan fingerprint density at radius 2 is 2.22 bits per heavy atom. The fraction of sp³-hybridized carbons (Fsp3) is 0.167. The molecule has 0 aliphatic rings. The van der Waals surface area contributed by atoms with Gasteiger partial charge in [-0.3, -0.25) is 0 Å².